The molecule has 1 nitrogen and oxygen atoms in total. The molecule has 0 aliphatic carbocycles. The number of hydrogen-bond acceptors (Lipinski definition) is 2. The lowest BCUT2D eigenvalue weighted by Gasteiger charge is -2.07. The van der Waals surface area contributed by atoms with Gasteiger partial charge in [0.25, 0.3) is 0 Å². The van der Waals surface area contributed by atoms with E-state index in [4.69, 9.17) is 0 Å². The van der Waals surface area contributed by atoms with Crippen LogP contribution < -0.4 is 0 Å². The predicted octanol–water partition coefficient (Wildman–Crippen LogP) is 4.22. The van der Waals surface area contributed by atoms with Crippen molar-refractivity contribution >= 4 is 11.8 Å². The van der Waals surface area contributed by atoms with Crippen LogP contribution in [0, 0.1) is 0 Å². The van der Waals surface area contributed by atoms with Crippen LogP contribution in [0.1, 0.15) is 13.3 Å². The first kappa shape index (κ1) is 13.2. The van der Waals surface area contributed by atoms with Crippen molar-refractivity contribution in [2.24, 2.45) is 0 Å². The van der Waals surface area contributed by atoms with Crippen molar-refractivity contribution in [3.8, 4) is 11.1 Å². The van der Waals surface area contributed by atoms with Gasteiger partial charge in [0.05, 0.1) is 6.10 Å². The molecule has 0 aliphatic rings. The molecule has 2 aromatic rings. The molecule has 0 aliphatic heterocycles. The highest BCUT2D eigenvalue weighted by Crippen LogP contribution is 2.24. The molecule has 0 saturated carbocycles. The fraction of sp³-hybridized carbons (Fsp3) is 0.250. The maximum absolute atomic E-state index is 9.53. The van der Waals surface area contributed by atoms with E-state index in [1.807, 2.05) is 13.0 Å². The fourth-order valence-corrected chi connectivity index (χ4v) is 2.63. The summed E-state index contributed by atoms with van der Waals surface area (Å²) < 4.78 is 0. The van der Waals surface area contributed by atoms with E-state index in [-0.39, 0.29) is 6.10 Å². The zero-order chi connectivity index (χ0) is 12.8. The first-order valence-electron chi connectivity index (χ1n) is 6.26. The van der Waals surface area contributed by atoms with E-state index < -0.39 is 0 Å². The van der Waals surface area contributed by atoms with Crippen LogP contribution in [0.5, 0.6) is 0 Å². The molecule has 1 unspecified atom stereocenters. The second-order valence-corrected chi connectivity index (χ2v) is 5.36. The molecule has 1 N–H and O–H groups in total. The Balaban J connectivity index is 2.02. The summed E-state index contributed by atoms with van der Waals surface area (Å²) in [5.74, 6) is 0.765. The third kappa shape index (κ3) is 3.62. The molecule has 0 bridgehead atoms. The molecular formula is C16H18OS. The first-order valence-corrected chi connectivity index (χ1v) is 7.24. The highest BCUT2D eigenvalue weighted by atomic mass is 32.2. The van der Waals surface area contributed by atoms with Gasteiger partial charge in [0.15, 0.2) is 0 Å². The van der Waals surface area contributed by atoms with Crippen LogP contribution in [-0.4, -0.2) is 17.0 Å². The van der Waals surface area contributed by atoms with Gasteiger partial charge in [-0.2, -0.15) is 0 Å². The summed E-state index contributed by atoms with van der Waals surface area (Å²) in [6.07, 6.45) is 0.610. The minimum absolute atomic E-state index is 0.205. The van der Waals surface area contributed by atoms with Crippen LogP contribution in [0.4, 0.5) is 0 Å². The Morgan fingerprint density at radius 2 is 1.56 bits per heavy atom. The van der Waals surface area contributed by atoms with Gasteiger partial charge in [-0.15, -0.1) is 11.8 Å². The molecule has 0 heterocycles. The molecule has 94 valence electrons. The van der Waals surface area contributed by atoms with Crippen molar-refractivity contribution in [3.63, 3.8) is 0 Å². The smallest absolute Gasteiger partial charge is 0.0631 e. The topological polar surface area (TPSA) is 20.2 Å². The van der Waals surface area contributed by atoms with Gasteiger partial charge in [-0.3, -0.25) is 0 Å². The van der Waals surface area contributed by atoms with E-state index in [1.54, 1.807) is 11.8 Å². The summed E-state index contributed by atoms with van der Waals surface area (Å²) in [4.78, 5) is 1.21. The average Bonchev–Trinajstić information content (AvgIpc) is 2.46. The molecular weight excluding hydrogens is 240 g/mol. The lowest BCUT2D eigenvalue weighted by atomic mass is 10.1. The number of aliphatic hydroxyl groups excluding tert-OH is 1. The molecule has 0 saturated heterocycles. The normalized spacial score (nSPS) is 12.3. The molecule has 2 aromatic carbocycles. The average molecular weight is 258 g/mol. The van der Waals surface area contributed by atoms with Gasteiger partial charge in [0.1, 0.15) is 0 Å². The predicted molar refractivity (Wildman–Crippen MR) is 78.9 cm³/mol. The largest absolute Gasteiger partial charge is 0.392 e. The summed E-state index contributed by atoms with van der Waals surface area (Å²) in [7, 11) is 0. The highest BCUT2D eigenvalue weighted by Gasteiger charge is 2.02. The summed E-state index contributed by atoms with van der Waals surface area (Å²) in [5, 5.41) is 9.53. The Morgan fingerprint density at radius 3 is 2.17 bits per heavy atom. The number of thioether (sulfide) groups is 1. The van der Waals surface area contributed by atoms with Crippen LogP contribution in [0.2, 0.25) is 0 Å². The molecule has 0 fully saturated rings. The minimum Gasteiger partial charge on any atom is -0.392 e. The monoisotopic (exact) mass is 258 g/mol. The van der Waals surface area contributed by atoms with Crippen molar-refractivity contribution in [1.29, 1.82) is 0 Å². The SMILES string of the molecule is CCC(O)CSc1ccc(-c2ccccc2)cc1. The Morgan fingerprint density at radius 1 is 0.944 bits per heavy atom. The van der Waals surface area contributed by atoms with Gasteiger partial charge in [-0.25, -0.2) is 0 Å². The van der Waals surface area contributed by atoms with E-state index in [9.17, 15) is 5.11 Å². The van der Waals surface area contributed by atoms with Crippen LogP contribution >= 0.6 is 11.8 Å². The van der Waals surface area contributed by atoms with Gasteiger partial charge in [0, 0.05) is 10.6 Å². The molecule has 0 spiro atoms. The summed E-state index contributed by atoms with van der Waals surface area (Å²) >= 11 is 1.71. The first-order chi connectivity index (χ1) is 8.79. The molecule has 2 heteroatoms. The maximum Gasteiger partial charge on any atom is 0.0631 e. The van der Waals surface area contributed by atoms with Crippen molar-refractivity contribution in [2.45, 2.75) is 24.3 Å². The van der Waals surface area contributed by atoms with Crippen LogP contribution in [0.25, 0.3) is 11.1 Å². The minimum atomic E-state index is -0.205. The second kappa shape index (κ2) is 6.62. The molecule has 1 atom stereocenters. The summed E-state index contributed by atoms with van der Waals surface area (Å²) in [5.41, 5.74) is 2.47. The van der Waals surface area contributed by atoms with Crippen molar-refractivity contribution in [2.75, 3.05) is 5.75 Å². The summed E-state index contributed by atoms with van der Waals surface area (Å²) in [6.45, 7) is 2.00. The number of hydrogen-bond donors (Lipinski definition) is 1. The highest BCUT2D eigenvalue weighted by molar-refractivity contribution is 7.99. The van der Waals surface area contributed by atoms with E-state index in [1.165, 1.54) is 16.0 Å². The van der Waals surface area contributed by atoms with E-state index >= 15 is 0 Å². The third-order valence-electron chi connectivity index (χ3n) is 2.88. The quantitative estimate of drug-likeness (QED) is 0.810. The van der Waals surface area contributed by atoms with Crippen LogP contribution in [0.3, 0.4) is 0 Å². The molecule has 2 rings (SSSR count). The lowest BCUT2D eigenvalue weighted by Crippen LogP contribution is -2.06. The van der Waals surface area contributed by atoms with E-state index in [0.29, 0.717) is 0 Å². The van der Waals surface area contributed by atoms with Gasteiger partial charge in [-0.05, 0) is 29.7 Å². The zero-order valence-corrected chi connectivity index (χ0v) is 11.4. The van der Waals surface area contributed by atoms with Crippen molar-refractivity contribution in [1.82, 2.24) is 0 Å². The Kier molecular flexibility index (Phi) is 4.85. The third-order valence-corrected chi connectivity index (χ3v) is 4.03. The molecule has 0 aromatic heterocycles. The molecule has 18 heavy (non-hydrogen) atoms. The van der Waals surface area contributed by atoms with Crippen LogP contribution in [0.15, 0.2) is 59.5 Å². The van der Waals surface area contributed by atoms with Gasteiger partial charge in [0.2, 0.25) is 0 Å². The Bertz CT molecular complexity index is 464. The zero-order valence-electron chi connectivity index (χ0n) is 10.5. The van der Waals surface area contributed by atoms with E-state index in [2.05, 4.69) is 48.5 Å². The van der Waals surface area contributed by atoms with Crippen LogP contribution in [-0.2, 0) is 0 Å². The second-order valence-electron chi connectivity index (χ2n) is 4.26. The standard InChI is InChI=1S/C16H18OS/c1-2-15(17)12-18-16-10-8-14(9-11-16)13-6-4-3-5-7-13/h3-11,15,17H,2,12H2,1H3. The van der Waals surface area contributed by atoms with E-state index in [0.717, 1.165) is 12.2 Å². The lowest BCUT2D eigenvalue weighted by molar-refractivity contribution is 0.195. The van der Waals surface area contributed by atoms with Gasteiger partial charge < -0.3 is 5.11 Å². The molecule has 0 radical (unpaired) electrons. The van der Waals surface area contributed by atoms with Crippen molar-refractivity contribution < 1.29 is 5.11 Å². The van der Waals surface area contributed by atoms with Crippen molar-refractivity contribution in [3.05, 3.63) is 54.6 Å². The maximum atomic E-state index is 9.53. The Hall–Kier alpha value is -1.25. The number of benzene rings is 2. The summed E-state index contributed by atoms with van der Waals surface area (Å²) in [6, 6.07) is 18.9. The number of aliphatic hydroxyl groups is 1. The number of rotatable bonds is 5. The fourth-order valence-electron chi connectivity index (χ4n) is 1.68. The van der Waals surface area contributed by atoms with Gasteiger partial charge in [-0.1, -0.05) is 49.4 Å². The molecule has 0 amide bonds. The Labute approximate surface area is 113 Å². The van der Waals surface area contributed by atoms with Gasteiger partial charge >= 0.3 is 0 Å².